The molecule has 1 atom stereocenters. The molecule has 6 nitrogen and oxygen atoms in total. The number of fused-ring (bicyclic) bond motifs is 1. The highest BCUT2D eigenvalue weighted by atomic mass is 16.9. The number of rotatable bonds is 5. The maximum Gasteiger partial charge on any atom is 0.172 e. The molecule has 5 rings (SSSR count). The first-order valence-electron chi connectivity index (χ1n) is 10.2. The first-order valence-corrected chi connectivity index (χ1v) is 10.2. The second-order valence-corrected chi connectivity index (χ2v) is 7.87. The summed E-state index contributed by atoms with van der Waals surface area (Å²) in [7, 11) is 1.70. The smallest absolute Gasteiger partial charge is 0.172 e. The number of ether oxygens (including phenoxy) is 3. The van der Waals surface area contributed by atoms with E-state index in [1.807, 2.05) is 13.0 Å². The Kier molecular flexibility index (Phi) is 4.70. The third-order valence-corrected chi connectivity index (χ3v) is 5.99. The van der Waals surface area contributed by atoms with Gasteiger partial charge in [-0.05, 0) is 59.9 Å². The monoisotopic (exact) mass is 393 g/mol. The van der Waals surface area contributed by atoms with Crippen LogP contribution in [0.15, 0.2) is 42.1 Å². The summed E-state index contributed by atoms with van der Waals surface area (Å²) in [6, 6.07) is 12.9. The molecule has 3 aliphatic rings. The highest BCUT2D eigenvalue weighted by molar-refractivity contribution is 5.84. The Balaban J connectivity index is 1.55. The van der Waals surface area contributed by atoms with Gasteiger partial charge in [-0.1, -0.05) is 12.1 Å². The third-order valence-electron chi connectivity index (χ3n) is 5.99. The number of methoxy groups -OCH3 is 1. The minimum absolute atomic E-state index is 0.0816. The molecule has 0 spiro atoms. The van der Waals surface area contributed by atoms with Gasteiger partial charge in [0, 0.05) is 42.8 Å². The molecule has 152 valence electrons. The van der Waals surface area contributed by atoms with Gasteiger partial charge in [-0.15, -0.1) is 0 Å². The van der Waals surface area contributed by atoms with Crippen molar-refractivity contribution in [3.8, 4) is 11.1 Å². The van der Waals surface area contributed by atoms with Gasteiger partial charge in [-0.3, -0.25) is 0 Å². The van der Waals surface area contributed by atoms with Crippen molar-refractivity contribution < 1.29 is 14.2 Å². The topological polar surface area (TPSA) is 77.8 Å². The van der Waals surface area contributed by atoms with E-state index in [4.69, 9.17) is 19.9 Å². The number of nitrogens with two attached hydrogens (primary N) is 1. The Hall–Kier alpha value is -2.54. The van der Waals surface area contributed by atoms with Crippen molar-refractivity contribution in [3.05, 3.63) is 53.2 Å². The summed E-state index contributed by atoms with van der Waals surface area (Å²) < 4.78 is 17.1. The third kappa shape index (κ3) is 3.27. The van der Waals surface area contributed by atoms with Crippen LogP contribution in [-0.4, -0.2) is 39.4 Å². The number of benzene rings is 2. The molecule has 1 saturated heterocycles. The zero-order chi connectivity index (χ0) is 20.0. The molecule has 2 aromatic carbocycles. The van der Waals surface area contributed by atoms with E-state index in [1.54, 1.807) is 7.11 Å². The predicted octanol–water partition coefficient (Wildman–Crippen LogP) is 3.20. The Bertz CT molecular complexity index is 966. The zero-order valence-electron chi connectivity index (χ0n) is 16.8. The van der Waals surface area contributed by atoms with Crippen LogP contribution >= 0.6 is 0 Å². The summed E-state index contributed by atoms with van der Waals surface area (Å²) in [6.45, 7) is 4.17. The van der Waals surface area contributed by atoms with Gasteiger partial charge < -0.3 is 30.6 Å². The predicted molar refractivity (Wildman–Crippen MR) is 114 cm³/mol. The van der Waals surface area contributed by atoms with Crippen LogP contribution in [0.1, 0.15) is 18.1 Å². The average molecular weight is 393 g/mol. The van der Waals surface area contributed by atoms with Crippen LogP contribution in [-0.2, 0) is 20.6 Å². The molecular weight excluding hydrogens is 366 g/mol. The lowest BCUT2D eigenvalue weighted by atomic mass is 9.89. The molecule has 3 aliphatic heterocycles. The van der Waals surface area contributed by atoms with Crippen LogP contribution < -0.4 is 16.4 Å². The standard InChI is InChI=1S/C23H27N3O3/c1-13-28-23(29-13)18-11-26-21(12-27-2)22(18)17-10-15(3-5-19(17)24)14-4-6-20-16(9-14)7-8-25-20/h3-6,9-10,13,18,23,25-26H,7-8,11-12,24H2,1-2H3. The minimum atomic E-state index is -0.254. The molecule has 1 fully saturated rings. The zero-order valence-corrected chi connectivity index (χ0v) is 16.8. The van der Waals surface area contributed by atoms with Crippen molar-refractivity contribution in [2.75, 3.05) is 37.9 Å². The molecule has 6 heteroatoms. The highest BCUT2D eigenvalue weighted by Crippen LogP contribution is 2.41. The lowest BCUT2D eigenvalue weighted by Crippen LogP contribution is -2.45. The van der Waals surface area contributed by atoms with Gasteiger partial charge in [0.1, 0.15) is 0 Å². The van der Waals surface area contributed by atoms with Crippen molar-refractivity contribution in [2.45, 2.75) is 25.9 Å². The molecule has 0 aromatic heterocycles. The summed E-state index contributed by atoms with van der Waals surface area (Å²) in [5.41, 5.74) is 15.4. The van der Waals surface area contributed by atoms with Crippen LogP contribution in [0.3, 0.4) is 0 Å². The number of hydrogen-bond acceptors (Lipinski definition) is 6. The van der Waals surface area contributed by atoms with Crippen LogP contribution in [0.5, 0.6) is 0 Å². The van der Waals surface area contributed by atoms with Gasteiger partial charge in [0.15, 0.2) is 12.6 Å². The summed E-state index contributed by atoms with van der Waals surface area (Å²) in [5, 5.41) is 6.89. The molecule has 0 amide bonds. The van der Waals surface area contributed by atoms with Gasteiger partial charge in [0.05, 0.1) is 12.5 Å². The van der Waals surface area contributed by atoms with Crippen molar-refractivity contribution >= 4 is 16.9 Å². The molecule has 0 saturated carbocycles. The van der Waals surface area contributed by atoms with E-state index >= 15 is 0 Å². The molecule has 0 radical (unpaired) electrons. The SMILES string of the molecule is COCC1=C(c2cc(-c3ccc4c(c3)CCN4)ccc2N)C(C2OC(C)O2)CN1. The van der Waals surface area contributed by atoms with Gasteiger partial charge in [-0.2, -0.15) is 0 Å². The number of nitrogen functional groups attached to an aromatic ring is 1. The fraction of sp³-hybridized carbons (Fsp3) is 0.391. The molecule has 2 aromatic rings. The molecular formula is C23H27N3O3. The van der Waals surface area contributed by atoms with E-state index < -0.39 is 0 Å². The molecule has 0 aliphatic carbocycles. The lowest BCUT2D eigenvalue weighted by molar-refractivity contribution is -0.385. The Labute approximate surface area is 171 Å². The molecule has 1 unspecified atom stereocenters. The molecule has 4 N–H and O–H groups in total. The van der Waals surface area contributed by atoms with E-state index in [-0.39, 0.29) is 18.5 Å². The fourth-order valence-electron chi connectivity index (χ4n) is 4.55. The second-order valence-electron chi connectivity index (χ2n) is 7.87. The normalized spacial score (nSPS) is 25.4. The van der Waals surface area contributed by atoms with Crippen molar-refractivity contribution in [3.63, 3.8) is 0 Å². The summed E-state index contributed by atoms with van der Waals surface area (Å²) in [5.74, 6) is 0.0816. The summed E-state index contributed by atoms with van der Waals surface area (Å²) in [6.07, 6.45) is 0.654. The number of nitrogens with one attached hydrogen (secondary N) is 2. The van der Waals surface area contributed by atoms with E-state index in [0.717, 1.165) is 47.6 Å². The lowest BCUT2D eigenvalue weighted by Gasteiger charge is -2.38. The largest absolute Gasteiger partial charge is 0.398 e. The van der Waals surface area contributed by atoms with E-state index in [9.17, 15) is 0 Å². The van der Waals surface area contributed by atoms with Crippen LogP contribution in [0, 0.1) is 5.92 Å². The van der Waals surface area contributed by atoms with Gasteiger partial charge >= 0.3 is 0 Å². The van der Waals surface area contributed by atoms with Crippen LogP contribution in [0.2, 0.25) is 0 Å². The van der Waals surface area contributed by atoms with Gasteiger partial charge in [-0.25, -0.2) is 0 Å². The highest BCUT2D eigenvalue weighted by Gasteiger charge is 2.41. The van der Waals surface area contributed by atoms with Gasteiger partial charge in [0.2, 0.25) is 0 Å². The molecule has 3 heterocycles. The molecule has 29 heavy (non-hydrogen) atoms. The maximum absolute atomic E-state index is 6.45. The van der Waals surface area contributed by atoms with Gasteiger partial charge in [0.25, 0.3) is 0 Å². The van der Waals surface area contributed by atoms with Crippen molar-refractivity contribution in [2.24, 2.45) is 5.92 Å². The van der Waals surface area contributed by atoms with Crippen molar-refractivity contribution in [1.29, 1.82) is 0 Å². The first-order chi connectivity index (χ1) is 14.1. The minimum Gasteiger partial charge on any atom is -0.398 e. The van der Waals surface area contributed by atoms with Crippen LogP contribution in [0.4, 0.5) is 11.4 Å². The number of anilines is 2. The second kappa shape index (κ2) is 7.37. The fourth-order valence-corrected chi connectivity index (χ4v) is 4.55. The quantitative estimate of drug-likeness (QED) is 0.677. The first kappa shape index (κ1) is 18.5. The van der Waals surface area contributed by atoms with Crippen molar-refractivity contribution in [1.82, 2.24) is 5.32 Å². The molecule has 0 bridgehead atoms. The Morgan fingerprint density at radius 1 is 1.10 bits per heavy atom. The maximum atomic E-state index is 6.45. The Morgan fingerprint density at radius 2 is 1.90 bits per heavy atom. The number of hydrogen-bond donors (Lipinski definition) is 3. The summed E-state index contributed by atoms with van der Waals surface area (Å²) >= 11 is 0. The Morgan fingerprint density at radius 3 is 2.69 bits per heavy atom. The summed E-state index contributed by atoms with van der Waals surface area (Å²) in [4.78, 5) is 0. The van der Waals surface area contributed by atoms with E-state index in [2.05, 4.69) is 41.0 Å². The van der Waals surface area contributed by atoms with E-state index in [1.165, 1.54) is 16.8 Å². The average Bonchev–Trinajstić information content (AvgIpc) is 3.32. The van der Waals surface area contributed by atoms with Crippen LogP contribution in [0.25, 0.3) is 16.7 Å². The van der Waals surface area contributed by atoms with E-state index in [0.29, 0.717) is 6.61 Å².